The molecule has 0 atom stereocenters. The van der Waals surface area contributed by atoms with Gasteiger partial charge in [0, 0.05) is 49.4 Å². The van der Waals surface area contributed by atoms with E-state index in [1.165, 1.54) is 81.9 Å². The first kappa shape index (κ1) is 26.5. The molecule has 11 aromatic rings. The summed E-state index contributed by atoms with van der Waals surface area (Å²) in [4.78, 5) is 0. The molecule has 0 fully saturated rings. The maximum Gasteiger partial charge on any atom is 0.0561 e. The van der Waals surface area contributed by atoms with Crippen LogP contribution in [0, 0.1) is 0 Å². The van der Waals surface area contributed by atoms with Gasteiger partial charge in [-0.15, -0.1) is 0 Å². The first-order valence-electron chi connectivity index (χ1n) is 16.9. The van der Waals surface area contributed by atoms with Crippen LogP contribution >= 0.6 is 0 Å². The average Bonchev–Trinajstić information content (AvgIpc) is 3.80. The number of aromatic nitrogens is 3. The minimum absolute atomic E-state index is 1.15. The molecule has 0 unspecified atom stereocenters. The molecule has 0 N–H and O–H groups in total. The fraction of sp³-hybridized carbons (Fsp3) is 0. The van der Waals surface area contributed by atoms with E-state index in [9.17, 15) is 0 Å². The highest BCUT2D eigenvalue weighted by Gasteiger charge is 2.19. The molecule has 0 amide bonds. The Morgan fingerprint density at radius 1 is 0.245 bits per heavy atom. The van der Waals surface area contributed by atoms with E-state index in [2.05, 4.69) is 190 Å². The van der Waals surface area contributed by atoms with Crippen LogP contribution in [0.4, 0.5) is 0 Å². The Labute approximate surface area is 282 Å². The molecule has 11 rings (SSSR count). The lowest BCUT2D eigenvalue weighted by atomic mass is 10.0. The van der Waals surface area contributed by atoms with Gasteiger partial charge in [0.2, 0.25) is 0 Å². The van der Waals surface area contributed by atoms with Crippen LogP contribution in [-0.2, 0) is 0 Å². The van der Waals surface area contributed by atoms with E-state index in [0.717, 1.165) is 11.4 Å². The number of nitrogens with zero attached hydrogens (tertiary/aromatic N) is 3. The van der Waals surface area contributed by atoms with Crippen molar-refractivity contribution in [1.82, 2.24) is 13.7 Å². The van der Waals surface area contributed by atoms with Gasteiger partial charge in [-0.2, -0.15) is 0 Å². The third-order valence-corrected chi connectivity index (χ3v) is 10.4. The van der Waals surface area contributed by atoms with Gasteiger partial charge < -0.3 is 13.7 Å². The fourth-order valence-corrected chi connectivity index (χ4v) is 8.34. The Bertz CT molecular complexity index is 3090. The van der Waals surface area contributed by atoms with E-state index in [1.807, 2.05) is 0 Å². The fourth-order valence-electron chi connectivity index (χ4n) is 8.34. The molecule has 49 heavy (non-hydrogen) atoms. The minimum Gasteiger partial charge on any atom is -0.309 e. The molecule has 0 bridgehead atoms. The van der Waals surface area contributed by atoms with E-state index >= 15 is 0 Å². The zero-order valence-electron chi connectivity index (χ0n) is 26.6. The Balaban J connectivity index is 1.26. The quantitative estimate of drug-likeness (QED) is 0.186. The molecule has 228 valence electrons. The predicted molar refractivity (Wildman–Crippen MR) is 207 cm³/mol. The summed E-state index contributed by atoms with van der Waals surface area (Å²) in [5.74, 6) is 0. The normalized spacial score (nSPS) is 12.1. The van der Waals surface area contributed by atoms with Crippen LogP contribution in [0.15, 0.2) is 176 Å². The molecule has 0 radical (unpaired) electrons. The minimum atomic E-state index is 1.15. The lowest BCUT2D eigenvalue weighted by Gasteiger charge is -2.12. The monoisotopic (exact) mass is 623 g/mol. The maximum atomic E-state index is 2.46. The van der Waals surface area contributed by atoms with E-state index in [4.69, 9.17) is 0 Å². The highest BCUT2D eigenvalue weighted by molar-refractivity contribution is 6.25. The largest absolute Gasteiger partial charge is 0.309 e. The number of benzene rings is 8. The van der Waals surface area contributed by atoms with Gasteiger partial charge >= 0.3 is 0 Å². The van der Waals surface area contributed by atoms with Gasteiger partial charge in [0.1, 0.15) is 0 Å². The molecule has 0 saturated carbocycles. The van der Waals surface area contributed by atoms with E-state index in [0.29, 0.717) is 0 Å². The second-order valence-electron chi connectivity index (χ2n) is 13.0. The summed E-state index contributed by atoms with van der Waals surface area (Å²) in [6.07, 6.45) is 0. The van der Waals surface area contributed by atoms with Gasteiger partial charge in [-0.05, 0) is 83.6 Å². The molecule has 3 aromatic heterocycles. The zero-order valence-corrected chi connectivity index (χ0v) is 26.6. The molecule has 0 aliphatic carbocycles. The van der Waals surface area contributed by atoms with Gasteiger partial charge in [-0.3, -0.25) is 0 Å². The van der Waals surface area contributed by atoms with E-state index in [1.54, 1.807) is 0 Å². The third kappa shape index (κ3) is 3.67. The summed E-state index contributed by atoms with van der Waals surface area (Å²) in [6, 6.07) is 64.2. The number of rotatable bonds is 3. The van der Waals surface area contributed by atoms with E-state index < -0.39 is 0 Å². The average molecular weight is 624 g/mol. The molecule has 0 saturated heterocycles. The number of para-hydroxylation sites is 5. The van der Waals surface area contributed by atoms with Crippen LogP contribution in [-0.4, -0.2) is 13.7 Å². The van der Waals surface area contributed by atoms with Crippen molar-refractivity contribution in [2.45, 2.75) is 0 Å². The molecule has 0 spiro atoms. The molecule has 3 heteroatoms. The van der Waals surface area contributed by atoms with Crippen molar-refractivity contribution >= 4 is 76.2 Å². The Morgan fingerprint density at radius 3 is 1.41 bits per heavy atom. The van der Waals surface area contributed by atoms with Gasteiger partial charge in [-0.25, -0.2) is 0 Å². The second-order valence-corrected chi connectivity index (χ2v) is 13.0. The smallest absolute Gasteiger partial charge is 0.0561 e. The summed E-state index contributed by atoms with van der Waals surface area (Å²) < 4.78 is 7.27. The first-order chi connectivity index (χ1) is 24.3. The van der Waals surface area contributed by atoms with Crippen molar-refractivity contribution in [2.75, 3.05) is 0 Å². The van der Waals surface area contributed by atoms with Crippen molar-refractivity contribution in [3.8, 4) is 17.1 Å². The van der Waals surface area contributed by atoms with Crippen LogP contribution in [0.2, 0.25) is 0 Å². The molecule has 8 aromatic carbocycles. The predicted octanol–water partition coefficient (Wildman–Crippen LogP) is 12.1. The molecule has 3 nitrogen and oxygen atoms in total. The van der Waals surface area contributed by atoms with Gasteiger partial charge in [0.05, 0.1) is 33.1 Å². The van der Waals surface area contributed by atoms with Crippen molar-refractivity contribution in [3.63, 3.8) is 0 Å². The molecule has 3 heterocycles. The van der Waals surface area contributed by atoms with Crippen LogP contribution in [0.1, 0.15) is 0 Å². The van der Waals surface area contributed by atoms with E-state index in [-0.39, 0.29) is 0 Å². The first-order valence-corrected chi connectivity index (χ1v) is 16.9. The van der Waals surface area contributed by atoms with Gasteiger partial charge in [-0.1, -0.05) is 103 Å². The van der Waals surface area contributed by atoms with Gasteiger partial charge in [0.25, 0.3) is 0 Å². The van der Waals surface area contributed by atoms with Crippen LogP contribution < -0.4 is 0 Å². The van der Waals surface area contributed by atoms with Gasteiger partial charge in [0.15, 0.2) is 0 Å². The maximum absolute atomic E-state index is 2.46. The standard InChI is InChI=1S/C46H29N3/c1-3-13-31(14-4-1)47-42-22-12-9-19-37(42)46-38-29-45-39(27-30(38)23-26-43(46)47)35-18-8-11-21-41(35)49(45)33-24-25-36-34-17-7-10-20-40(34)48(44(36)28-33)32-15-5-2-6-16-32/h1-29H. The summed E-state index contributed by atoms with van der Waals surface area (Å²) in [5.41, 5.74) is 10.7. The summed E-state index contributed by atoms with van der Waals surface area (Å²) in [7, 11) is 0. The highest BCUT2D eigenvalue weighted by Crippen LogP contribution is 2.42. The highest BCUT2D eigenvalue weighted by atomic mass is 15.0. The van der Waals surface area contributed by atoms with Crippen molar-refractivity contribution in [3.05, 3.63) is 176 Å². The lowest BCUT2D eigenvalue weighted by Crippen LogP contribution is -1.97. The lowest BCUT2D eigenvalue weighted by molar-refractivity contribution is 1.16. The summed E-state index contributed by atoms with van der Waals surface area (Å²) >= 11 is 0. The van der Waals surface area contributed by atoms with Crippen molar-refractivity contribution in [1.29, 1.82) is 0 Å². The third-order valence-electron chi connectivity index (χ3n) is 10.4. The van der Waals surface area contributed by atoms with Crippen LogP contribution in [0.5, 0.6) is 0 Å². The zero-order chi connectivity index (χ0) is 32.1. The summed E-state index contributed by atoms with van der Waals surface area (Å²) in [5, 5.41) is 10.1. The Kier molecular flexibility index (Phi) is 5.38. The van der Waals surface area contributed by atoms with Crippen molar-refractivity contribution < 1.29 is 0 Å². The van der Waals surface area contributed by atoms with Crippen molar-refractivity contribution in [2.24, 2.45) is 0 Å². The molecule has 0 aliphatic heterocycles. The molecular weight excluding hydrogens is 595 g/mol. The molecule has 0 aliphatic rings. The molecular formula is C46H29N3. The Hall–Kier alpha value is -6.58. The Morgan fingerprint density at radius 2 is 0.735 bits per heavy atom. The van der Waals surface area contributed by atoms with Crippen LogP contribution in [0.25, 0.3) is 93.3 Å². The summed E-state index contributed by atoms with van der Waals surface area (Å²) in [6.45, 7) is 0. The van der Waals surface area contributed by atoms with Crippen LogP contribution in [0.3, 0.4) is 0 Å². The topological polar surface area (TPSA) is 14.8 Å². The number of hydrogen-bond donors (Lipinski definition) is 0. The number of hydrogen-bond acceptors (Lipinski definition) is 0. The second kappa shape index (κ2) is 9.96. The SMILES string of the molecule is c1ccc(-n2c3ccccc3c3ccc(-n4c5ccccc5c5cc6ccc7c(c6cc54)c4ccccc4n7-c4ccccc4)cc32)cc1. The number of fused-ring (bicyclic) bond motifs is 11.